The zero-order valence-corrected chi connectivity index (χ0v) is 10.2. The lowest BCUT2D eigenvalue weighted by Gasteiger charge is -2.16. The van der Waals surface area contributed by atoms with E-state index >= 15 is 0 Å². The van der Waals surface area contributed by atoms with Gasteiger partial charge in [-0.2, -0.15) is 5.21 Å². The van der Waals surface area contributed by atoms with Gasteiger partial charge in [0.15, 0.2) is 0 Å². The number of hydrogen-bond donors (Lipinski definition) is 2. The van der Waals surface area contributed by atoms with Crippen molar-refractivity contribution in [2.75, 3.05) is 5.32 Å². The topological polar surface area (TPSA) is 66.5 Å². The first-order valence-corrected chi connectivity index (χ1v) is 6.03. The third-order valence-electron chi connectivity index (χ3n) is 2.84. The van der Waals surface area contributed by atoms with E-state index in [4.69, 9.17) is 0 Å². The second-order valence-corrected chi connectivity index (χ2v) is 4.12. The van der Waals surface area contributed by atoms with Crippen molar-refractivity contribution >= 4 is 5.69 Å². The third kappa shape index (κ3) is 2.60. The molecule has 0 aliphatic carbocycles. The second kappa shape index (κ2) is 5.30. The fraction of sp³-hybridized carbons (Fsp3) is 0.0714. The Morgan fingerprint density at radius 2 is 1.58 bits per heavy atom. The van der Waals surface area contributed by atoms with Crippen LogP contribution in [0.4, 0.5) is 5.69 Å². The average Bonchev–Trinajstić information content (AvgIpc) is 3.01. The first kappa shape index (κ1) is 11.4. The molecule has 5 heteroatoms. The SMILES string of the molecule is c1ccc(NC(c2ccccc2)c2nn[nH]n2)cc1. The number of aromatic amines is 1. The molecule has 0 radical (unpaired) electrons. The molecule has 0 aliphatic heterocycles. The summed E-state index contributed by atoms with van der Waals surface area (Å²) >= 11 is 0. The van der Waals surface area contributed by atoms with Crippen LogP contribution in [0.25, 0.3) is 0 Å². The highest BCUT2D eigenvalue weighted by atomic mass is 15.5. The molecule has 0 saturated heterocycles. The molecule has 3 aromatic rings. The lowest BCUT2D eigenvalue weighted by molar-refractivity contribution is 0.835. The van der Waals surface area contributed by atoms with Gasteiger partial charge >= 0.3 is 0 Å². The number of nitrogens with zero attached hydrogens (tertiary/aromatic N) is 3. The van der Waals surface area contributed by atoms with E-state index in [0.29, 0.717) is 5.82 Å². The van der Waals surface area contributed by atoms with Crippen molar-refractivity contribution in [3.8, 4) is 0 Å². The monoisotopic (exact) mass is 251 g/mol. The van der Waals surface area contributed by atoms with Gasteiger partial charge in [0.2, 0.25) is 5.82 Å². The molecule has 0 fully saturated rings. The van der Waals surface area contributed by atoms with E-state index in [0.717, 1.165) is 11.3 Å². The van der Waals surface area contributed by atoms with Crippen molar-refractivity contribution < 1.29 is 0 Å². The molecular weight excluding hydrogens is 238 g/mol. The van der Waals surface area contributed by atoms with Gasteiger partial charge < -0.3 is 5.32 Å². The molecule has 3 rings (SSSR count). The van der Waals surface area contributed by atoms with Gasteiger partial charge in [-0.1, -0.05) is 53.7 Å². The molecule has 94 valence electrons. The Balaban J connectivity index is 1.94. The van der Waals surface area contributed by atoms with Gasteiger partial charge in [-0.25, -0.2) is 0 Å². The highest BCUT2D eigenvalue weighted by Gasteiger charge is 2.17. The van der Waals surface area contributed by atoms with Crippen LogP contribution < -0.4 is 5.32 Å². The van der Waals surface area contributed by atoms with Crippen molar-refractivity contribution in [3.05, 3.63) is 72.1 Å². The van der Waals surface area contributed by atoms with Crippen molar-refractivity contribution in [2.24, 2.45) is 0 Å². The highest BCUT2D eigenvalue weighted by molar-refractivity contribution is 5.47. The van der Waals surface area contributed by atoms with Crippen LogP contribution in [0.15, 0.2) is 60.7 Å². The molecule has 0 saturated carbocycles. The zero-order chi connectivity index (χ0) is 12.9. The van der Waals surface area contributed by atoms with Crippen LogP contribution in [0.5, 0.6) is 0 Å². The maximum absolute atomic E-state index is 4.08. The predicted octanol–water partition coefficient (Wildman–Crippen LogP) is 2.40. The normalized spacial score (nSPS) is 12.0. The van der Waals surface area contributed by atoms with Gasteiger partial charge in [-0.05, 0) is 17.7 Å². The van der Waals surface area contributed by atoms with Crippen LogP contribution in [-0.2, 0) is 0 Å². The Kier molecular flexibility index (Phi) is 3.18. The van der Waals surface area contributed by atoms with Crippen molar-refractivity contribution in [1.82, 2.24) is 20.6 Å². The summed E-state index contributed by atoms with van der Waals surface area (Å²) in [5.74, 6) is 0.620. The van der Waals surface area contributed by atoms with Crippen LogP contribution >= 0.6 is 0 Å². The number of H-pyrrole nitrogens is 1. The number of tetrazole rings is 1. The van der Waals surface area contributed by atoms with Crippen molar-refractivity contribution in [3.63, 3.8) is 0 Å². The highest BCUT2D eigenvalue weighted by Crippen LogP contribution is 2.23. The van der Waals surface area contributed by atoms with E-state index < -0.39 is 0 Å². The Hall–Kier alpha value is -2.69. The minimum absolute atomic E-state index is 0.123. The number of benzene rings is 2. The third-order valence-corrected chi connectivity index (χ3v) is 2.84. The number of anilines is 1. The first-order valence-electron chi connectivity index (χ1n) is 6.03. The summed E-state index contributed by atoms with van der Waals surface area (Å²) < 4.78 is 0. The molecule has 1 atom stereocenters. The van der Waals surface area contributed by atoms with Gasteiger partial charge in [0, 0.05) is 5.69 Å². The van der Waals surface area contributed by atoms with Gasteiger partial charge in [-0.15, -0.1) is 10.2 Å². The molecule has 0 amide bonds. The van der Waals surface area contributed by atoms with Crippen LogP contribution in [0, 0.1) is 0 Å². The van der Waals surface area contributed by atoms with Crippen molar-refractivity contribution in [2.45, 2.75) is 6.04 Å². The van der Waals surface area contributed by atoms with Crippen LogP contribution in [-0.4, -0.2) is 20.6 Å². The average molecular weight is 251 g/mol. The summed E-state index contributed by atoms with van der Waals surface area (Å²) in [6.07, 6.45) is 0. The van der Waals surface area contributed by atoms with E-state index in [2.05, 4.69) is 25.9 Å². The Labute approximate surface area is 110 Å². The molecular formula is C14H13N5. The Morgan fingerprint density at radius 3 is 2.21 bits per heavy atom. The van der Waals surface area contributed by atoms with Gasteiger partial charge in [0.05, 0.1) is 0 Å². The quantitative estimate of drug-likeness (QED) is 0.747. The molecule has 0 aliphatic rings. The number of para-hydroxylation sites is 1. The van der Waals surface area contributed by atoms with E-state index in [1.807, 2.05) is 60.7 Å². The number of aromatic nitrogens is 4. The minimum Gasteiger partial charge on any atom is -0.371 e. The van der Waals surface area contributed by atoms with E-state index in [1.54, 1.807) is 0 Å². The summed E-state index contributed by atoms with van der Waals surface area (Å²) in [4.78, 5) is 0. The van der Waals surface area contributed by atoms with Crippen LogP contribution in [0.1, 0.15) is 17.4 Å². The summed E-state index contributed by atoms with van der Waals surface area (Å²) in [6, 6.07) is 19.9. The Morgan fingerprint density at radius 1 is 0.895 bits per heavy atom. The van der Waals surface area contributed by atoms with E-state index in [1.165, 1.54) is 0 Å². The number of rotatable bonds is 4. The predicted molar refractivity (Wildman–Crippen MR) is 72.5 cm³/mol. The first-order chi connectivity index (χ1) is 9.43. The van der Waals surface area contributed by atoms with Gasteiger partial charge in [0.25, 0.3) is 0 Å². The molecule has 0 bridgehead atoms. The summed E-state index contributed by atoms with van der Waals surface area (Å²) in [5, 5.41) is 17.7. The second-order valence-electron chi connectivity index (χ2n) is 4.12. The van der Waals surface area contributed by atoms with Crippen molar-refractivity contribution in [1.29, 1.82) is 0 Å². The molecule has 1 heterocycles. The Bertz CT molecular complexity index is 607. The molecule has 0 spiro atoms. The largest absolute Gasteiger partial charge is 0.371 e. The summed E-state index contributed by atoms with van der Waals surface area (Å²) in [7, 11) is 0. The maximum Gasteiger partial charge on any atom is 0.201 e. The van der Waals surface area contributed by atoms with Crippen LogP contribution in [0.3, 0.4) is 0 Å². The molecule has 2 aromatic carbocycles. The molecule has 5 nitrogen and oxygen atoms in total. The fourth-order valence-corrected chi connectivity index (χ4v) is 1.94. The molecule has 1 unspecified atom stereocenters. The van der Waals surface area contributed by atoms with E-state index in [-0.39, 0.29) is 6.04 Å². The molecule has 19 heavy (non-hydrogen) atoms. The maximum atomic E-state index is 4.08. The summed E-state index contributed by atoms with van der Waals surface area (Å²) in [6.45, 7) is 0. The number of hydrogen-bond acceptors (Lipinski definition) is 4. The lowest BCUT2D eigenvalue weighted by Crippen LogP contribution is -2.14. The van der Waals surface area contributed by atoms with Gasteiger partial charge in [0.1, 0.15) is 6.04 Å². The zero-order valence-electron chi connectivity index (χ0n) is 10.2. The van der Waals surface area contributed by atoms with E-state index in [9.17, 15) is 0 Å². The van der Waals surface area contributed by atoms with Gasteiger partial charge in [-0.3, -0.25) is 0 Å². The fourth-order valence-electron chi connectivity index (χ4n) is 1.94. The smallest absolute Gasteiger partial charge is 0.201 e. The minimum atomic E-state index is -0.123. The molecule has 1 aromatic heterocycles. The molecule has 2 N–H and O–H groups in total. The number of nitrogens with one attached hydrogen (secondary N) is 2. The van der Waals surface area contributed by atoms with Crippen LogP contribution in [0.2, 0.25) is 0 Å². The standard InChI is InChI=1S/C14H13N5/c1-3-7-11(8-4-1)13(14-16-18-19-17-14)15-12-9-5-2-6-10-12/h1-10,13,15H,(H,16,17,18,19). The summed E-state index contributed by atoms with van der Waals surface area (Å²) in [5.41, 5.74) is 2.11. The lowest BCUT2D eigenvalue weighted by atomic mass is 10.1.